The Bertz CT molecular complexity index is 3770. The Morgan fingerprint density at radius 3 is 0.871 bits per heavy atom. The largest absolute Gasteiger partial charge is 0.491 e. The van der Waals surface area contributed by atoms with Gasteiger partial charge in [0.2, 0.25) is 5.91 Å². The Balaban J connectivity index is 0.000000265. The molecule has 0 aromatic heterocycles. The number of rotatable bonds is 43. The third kappa shape index (κ3) is 41.7. The van der Waals surface area contributed by atoms with E-state index in [4.69, 9.17) is 28.4 Å². The maximum atomic E-state index is 11.9. The first-order valence-corrected chi connectivity index (χ1v) is 47.3. The van der Waals surface area contributed by atoms with Crippen LogP contribution in [0, 0.1) is 0 Å². The van der Waals surface area contributed by atoms with Crippen molar-refractivity contribution in [2.75, 3.05) is 46.2 Å². The van der Waals surface area contributed by atoms with Crippen LogP contribution in [0.3, 0.4) is 0 Å². The maximum Gasteiger partial charge on any atom is 0.216 e. The smallest absolute Gasteiger partial charge is 0.216 e. The van der Waals surface area contributed by atoms with Crippen LogP contribution in [-0.4, -0.2) is 148 Å². The summed E-state index contributed by atoms with van der Waals surface area (Å²) < 4.78 is 34.5. The van der Waals surface area contributed by atoms with E-state index < -0.39 is 64.1 Å². The minimum absolute atomic E-state index is 0.101. The summed E-state index contributed by atoms with van der Waals surface area (Å²) in [5.74, 6) is 4.26. The Morgan fingerprint density at radius 1 is 0.339 bits per heavy atom. The number of benzene rings is 6. The fraction of sp³-hybridized carbons (Fsp3) is 0.635. The lowest BCUT2D eigenvalue weighted by Crippen LogP contribution is -2.37. The van der Waals surface area contributed by atoms with Gasteiger partial charge in [0.1, 0.15) is 74.1 Å². The average Bonchev–Trinajstić information content (AvgIpc) is 1.56. The van der Waals surface area contributed by atoms with Crippen LogP contribution in [0.1, 0.15) is 382 Å². The molecule has 4 aliphatic carbocycles. The van der Waals surface area contributed by atoms with Gasteiger partial charge in [0, 0.05) is 25.5 Å². The van der Waals surface area contributed by atoms with E-state index in [1.807, 2.05) is 161 Å². The molecule has 5 atom stereocenters. The fourth-order valence-electron chi connectivity index (χ4n) is 16.1. The number of hydrogen-bond acceptors (Lipinski definition) is 19. The molecule has 6 aromatic rings. The maximum absolute atomic E-state index is 11.9. The summed E-state index contributed by atoms with van der Waals surface area (Å²) in [5.41, 5.74) is 0.690. The van der Waals surface area contributed by atoms with Gasteiger partial charge >= 0.3 is 0 Å². The van der Waals surface area contributed by atoms with E-state index in [0.29, 0.717) is 93.8 Å². The van der Waals surface area contributed by atoms with Crippen LogP contribution in [0.15, 0.2) is 146 Å². The number of nitrogens with one attached hydrogen (secondary N) is 1. The minimum atomic E-state index is -0.766. The molecule has 124 heavy (non-hydrogen) atoms. The third-order valence-electron chi connectivity index (χ3n) is 24.1. The van der Waals surface area contributed by atoms with Gasteiger partial charge < -0.3 is 89.9 Å². The number of aliphatic hydroxyl groups excluding tert-OH is 5. The Labute approximate surface area is 744 Å². The summed E-state index contributed by atoms with van der Waals surface area (Å²) in [7, 11) is 0. The van der Waals surface area contributed by atoms with Crippen molar-refractivity contribution in [3.8, 4) is 34.5 Å². The molecule has 0 saturated heterocycles. The van der Waals surface area contributed by atoms with Gasteiger partial charge in [-0.25, -0.2) is 0 Å². The lowest BCUT2D eigenvalue weighted by molar-refractivity contribution is -0.119. The molecule has 0 heterocycles. The Hall–Kier alpha value is -7.18. The standard InChI is InChI=1S/C19H29NO4.C18H26O3.C18H30O3.C17H26O3.C16H24O3.C16H26O3/c1-15(21)20-12-9-18(22)16-7-6-8-17(13-16)24-14-19(23)10-4-2-3-5-11-19;1-2-8-17(19)15-9-7-10-16(13-15)21-14-18(20)11-5-3-4-6-12-18;1-4-8-17(19)15-9-7-10-16(13-15)21-14-18(20,11-5-2)12-6-3;1-2-7-16(18)14-8-6-9-15(12-14)20-13-17(19)10-4-3-5-11-17;1-2-6-15(17)13-7-5-8-14(11-13)19-12-16(18)9-3-4-10-16;1-4-8-15(17)13-9-7-10-14(11-13)19-12-16(18,5-2)6-3/h6-8,13,18,22-23H,2-5,9-12,14H2,1H3,(H,20,21);7,9-10,13,20H,2-6,8,11-12,14H2,1H3;7,9-10,13,17,19-20H,4-6,8,11-12,14H2,1-3H3;6,8-9,12,16,18-19H,2-5,7,10-11,13H2,1H3;5,7-8,11,15,17-18H,2-4,6,9-10,12H2,1H3;7,9-11,15,17-18H,4-6,8,12H2,1-3H3. The molecule has 5 unspecified atom stereocenters. The molecule has 10 rings (SSSR count). The van der Waals surface area contributed by atoms with Crippen LogP contribution >= 0.6 is 0 Å². The van der Waals surface area contributed by atoms with Crippen LogP contribution in [0.4, 0.5) is 0 Å². The Morgan fingerprint density at radius 2 is 0.597 bits per heavy atom. The predicted molar refractivity (Wildman–Crippen MR) is 496 cm³/mol. The van der Waals surface area contributed by atoms with E-state index in [2.05, 4.69) is 39.9 Å². The molecule has 0 radical (unpaired) electrons. The van der Waals surface area contributed by atoms with E-state index >= 15 is 0 Å². The second-order valence-electron chi connectivity index (χ2n) is 35.5. The molecule has 4 saturated carbocycles. The lowest BCUT2D eigenvalue weighted by atomic mass is 9.85. The van der Waals surface area contributed by atoms with Crippen molar-refractivity contribution in [1.29, 1.82) is 0 Å². The highest BCUT2D eigenvalue weighted by Crippen LogP contribution is 2.36. The molecule has 4 aliphatic rings. The van der Waals surface area contributed by atoms with Gasteiger partial charge in [-0.1, -0.05) is 257 Å². The van der Waals surface area contributed by atoms with Gasteiger partial charge in [-0.15, -0.1) is 0 Å². The van der Waals surface area contributed by atoms with Gasteiger partial charge in [0.05, 0.1) is 64.1 Å². The van der Waals surface area contributed by atoms with E-state index in [1.54, 1.807) is 12.1 Å². The molecule has 20 nitrogen and oxygen atoms in total. The van der Waals surface area contributed by atoms with Crippen LogP contribution in [0.2, 0.25) is 0 Å². The third-order valence-corrected chi connectivity index (χ3v) is 24.1. The molecular formula is C104H161NO19. The summed E-state index contributed by atoms with van der Waals surface area (Å²) in [6.45, 7) is 22.0. The first kappa shape index (κ1) is 107. The monoisotopic (exact) mass is 1730 g/mol. The molecule has 0 bridgehead atoms. The van der Waals surface area contributed by atoms with Gasteiger partial charge in [0.15, 0.2) is 5.78 Å². The SMILES string of the molecule is CC(=O)NCCC(O)c1cccc(OCC2(O)CCCCCC2)c1.CCCC(=O)c1cccc(OCC2(O)CCCCCC2)c1.CCCC(O)c1cccc(OCC(O)(CC)CC)c1.CCCC(O)c1cccc(OCC(O)(CCC)CCC)c1.CCCC(O)c1cccc(OCC2(O)CCCC2)c1.CCCC(O)c1cccc(OCC2(O)CCCCC2)c1. The van der Waals surface area contributed by atoms with Crippen molar-refractivity contribution in [3.05, 3.63) is 179 Å². The van der Waals surface area contributed by atoms with Crippen molar-refractivity contribution in [2.24, 2.45) is 0 Å². The molecule has 696 valence electrons. The van der Waals surface area contributed by atoms with Gasteiger partial charge in [-0.05, 0) is 216 Å². The van der Waals surface area contributed by atoms with Crippen molar-refractivity contribution < 1.29 is 94.2 Å². The molecule has 12 N–H and O–H groups in total. The minimum Gasteiger partial charge on any atom is -0.491 e. The van der Waals surface area contributed by atoms with Crippen molar-refractivity contribution >= 4 is 11.7 Å². The van der Waals surface area contributed by atoms with Gasteiger partial charge in [-0.3, -0.25) is 9.59 Å². The van der Waals surface area contributed by atoms with E-state index in [9.17, 15) is 65.8 Å². The molecular weight excluding hydrogens is 1570 g/mol. The zero-order valence-electron chi connectivity index (χ0n) is 77.2. The quantitative estimate of drug-likeness (QED) is 0.0125. The van der Waals surface area contributed by atoms with E-state index in [0.717, 1.165) is 226 Å². The lowest BCUT2D eigenvalue weighted by Gasteiger charge is -2.31. The van der Waals surface area contributed by atoms with E-state index in [1.165, 1.54) is 39.0 Å². The number of ether oxygens (including phenoxy) is 6. The number of Topliss-reactive ketones (excluding diaryl/α,β-unsaturated/α-hetero) is 1. The number of ketones is 1. The molecule has 0 spiro atoms. The molecule has 6 aromatic carbocycles. The zero-order chi connectivity index (χ0) is 90.7. The number of carbonyl (C=O) groups excluding carboxylic acids is 2. The summed E-state index contributed by atoms with van der Waals surface area (Å²) in [5, 5.41) is 115. The van der Waals surface area contributed by atoms with Gasteiger partial charge in [-0.2, -0.15) is 0 Å². The summed E-state index contributed by atoms with van der Waals surface area (Å²) in [6.07, 6.45) is 32.0. The van der Waals surface area contributed by atoms with Crippen molar-refractivity contribution in [1.82, 2.24) is 5.32 Å². The zero-order valence-corrected chi connectivity index (χ0v) is 77.2. The number of carbonyl (C=O) groups is 2. The number of hydrogen-bond donors (Lipinski definition) is 12. The molecule has 20 heteroatoms. The highest BCUT2D eigenvalue weighted by molar-refractivity contribution is 5.96. The first-order chi connectivity index (χ1) is 59.5. The molecule has 1 amide bonds. The average molecular weight is 1730 g/mol. The van der Waals surface area contributed by atoms with Crippen LogP contribution in [0.25, 0.3) is 0 Å². The number of amides is 1. The molecule has 4 fully saturated rings. The fourth-order valence-corrected chi connectivity index (χ4v) is 16.1. The topological polar surface area (TPSA) is 324 Å². The number of aliphatic hydroxyl groups is 11. The highest BCUT2D eigenvalue weighted by atomic mass is 16.5. The second-order valence-corrected chi connectivity index (χ2v) is 35.5. The van der Waals surface area contributed by atoms with Crippen molar-refractivity contribution in [2.45, 2.75) is 377 Å². The Kier molecular flexibility index (Phi) is 50.5. The first-order valence-electron chi connectivity index (χ1n) is 47.3. The van der Waals surface area contributed by atoms with Crippen LogP contribution < -0.4 is 33.7 Å². The highest BCUT2D eigenvalue weighted by Gasteiger charge is 2.35. The second kappa shape index (κ2) is 58.3. The molecule has 0 aliphatic heterocycles. The van der Waals surface area contributed by atoms with Crippen LogP contribution in [-0.2, 0) is 4.79 Å². The van der Waals surface area contributed by atoms with Gasteiger partial charge in [0.25, 0.3) is 0 Å². The van der Waals surface area contributed by atoms with E-state index in [-0.39, 0.29) is 18.3 Å². The summed E-state index contributed by atoms with van der Waals surface area (Å²) >= 11 is 0. The van der Waals surface area contributed by atoms with Crippen LogP contribution in [0.5, 0.6) is 34.5 Å². The normalized spacial score (nSPS) is 17.0. The summed E-state index contributed by atoms with van der Waals surface area (Å²) in [6, 6.07) is 44.8. The van der Waals surface area contributed by atoms with Crippen molar-refractivity contribution in [3.63, 3.8) is 0 Å². The summed E-state index contributed by atoms with van der Waals surface area (Å²) in [4.78, 5) is 22.8. The predicted octanol–water partition coefficient (Wildman–Crippen LogP) is 21.3.